The van der Waals surface area contributed by atoms with Crippen LogP contribution in [0.15, 0.2) is 17.3 Å². The Labute approximate surface area is 95.6 Å². The van der Waals surface area contributed by atoms with Crippen molar-refractivity contribution in [2.75, 3.05) is 0 Å². The van der Waals surface area contributed by atoms with Crippen molar-refractivity contribution in [1.29, 1.82) is 0 Å². The maximum Gasteiger partial charge on any atom is 0.270 e. The lowest BCUT2D eigenvalue weighted by atomic mass is 10.2. The molecule has 1 aliphatic carbocycles. The molecule has 90 valence electrons. The van der Waals surface area contributed by atoms with Crippen LogP contribution >= 0.6 is 10.7 Å². The minimum atomic E-state index is -3.90. The summed E-state index contributed by atoms with van der Waals surface area (Å²) in [6.45, 7) is 0. The zero-order valence-electron chi connectivity index (χ0n) is 8.11. The topological polar surface area (TPSA) is 52.0 Å². The molecule has 16 heavy (non-hydrogen) atoms. The Balaban J connectivity index is 2.33. The van der Waals surface area contributed by atoms with Crippen LogP contribution < -0.4 is 0 Å². The summed E-state index contributed by atoms with van der Waals surface area (Å²) < 4.78 is 49.6. The van der Waals surface area contributed by atoms with Crippen LogP contribution in [0, 0.1) is 0 Å². The Hall–Kier alpha value is -0.690. The van der Waals surface area contributed by atoms with Gasteiger partial charge in [-0.1, -0.05) is 0 Å². The number of alkyl halides is 2. The van der Waals surface area contributed by atoms with Crippen molar-refractivity contribution < 1.29 is 17.2 Å². The fourth-order valence-electron chi connectivity index (χ4n) is 1.85. The van der Waals surface area contributed by atoms with Crippen LogP contribution in [-0.4, -0.2) is 24.1 Å². The second-order valence-electron chi connectivity index (χ2n) is 3.76. The van der Waals surface area contributed by atoms with Gasteiger partial charge in [0.1, 0.15) is 10.9 Å². The first-order valence-electron chi connectivity index (χ1n) is 4.67. The third-order valence-electron chi connectivity index (χ3n) is 2.65. The van der Waals surface area contributed by atoms with E-state index < -0.39 is 21.0 Å². The first-order chi connectivity index (χ1) is 7.31. The maximum absolute atomic E-state index is 13.4. The summed E-state index contributed by atoms with van der Waals surface area (Å²) >= 11 is 0. The Morgan fingerprint density at radius 2 is 2.25 bits per heavy atom. The van der Waals surface area contributed by atoms with Crippen molar-refractivity contribution in [3.05, 3.63) is 12.4 Å². The third kappa shape index (κ3) is 2.06. The van der Waals surface area contributed by atoms with Gasteiger partial charge in [0.05, 0.1) is 6.20 Å². The summed E-state index contributed by atoms with van der Waals surface area (Å²) in [4.78, 5) is -0.253. The first-order valence-corrected chi connectivity index (χ1v) is 6.98. The second kappa shape index (κ2) is 3.66. The summed E-state index contributed by atoms with van der Waals surface area (Å²) in [7, 11) is 1.18. The van der Waals surface area contributed by atoms with Crippen LogP contribution in [0.25, 0.3) is 0 Å². The lowest BCUT2D eigenvalue weighted by Gasteiger charge is -2.18. The van der Waals surface area contributed by atoms with Crippen LogP contribution in [0.1, 0.15) is 25.3 Å². The average Bonchev–Trinajstić information content (AvgIpc) is 2.68. The summed E-state index contributed by atoms with van der Waals surface area (Å²) in [6, 6.07) is -1.07. The predicted molar refractivity (Wildman–Crippen MR) is 53.1 cm³/mol. The number of hydrogen-bond donors (Lipinski definition) is 0. The van der Waals surface area contributed by atoms with E-state index in [4.69, 9.17) is 10.7 Å². The lowest BCUT2D eigenvalue weighted by Crippen LogP contribution is -2.25. The highest BCUT2D eigenvalue weighted by Crippen LogP contribution is 2.43. The molecule has 1 heterocycles. The molecule has 0 spiro atoms. The van der Waals surface area contributed by atoms with Crippen molar-refractivity contribution in [3.63, 3.8) is 0 Å². The molecule has 0 aromatic carbocycles. The number of hydrogen-bond acceptors (Lipinski definition) is 3. The van der Waals surface area contributed by atoms with Gasteiger partial charge in [-0.25, -0.2) is 17.2 Å². The standard InChI is InChI=1S/C8H9ClF2N2O2S/c9-16(14,15)6-4-12-13(5-6)7-2-1-3-8(7,10)11/h4-5,7H,1-3H2. The SMILES string of the molecule is O=S(=O)(Cl)c1cnn(C2CCCC2(F)F)c1. The fraction of sp³-hybridized carbons (Fsp3) is 0.625. The zero-order chi connectivity index (χ0) is 12.0. The van der Waals surface area contributed by atoms with Crippen LogP contribution in [0.4, 0.5) is 8.78 Å². The van der Waals surface area contributed by atoms with E-state index in [0.29, 0.717) is 6.42 Å². The van der Waals surface area contributed by atoms with Gasteiger partial charge in [0.15, 0.2) is 0 Å². The molecule has 1 aromatic heterocycles. The van der Waals surface area contributed by atoms with Gasteiger partial charge in [-0.2, -0.15) is 5.10 Å². The Kier molecular flexibility index (Phi) is 2.70. The Morgan fingerprint density at radius 3 is 2.69 bits per heavy atom. The first kappa shape index (κ1) is 11.8. The molecule has 0 N–H and O–H groups in total. The number of halogens is 3. The number of aromatic nitrogens is 2. The summed E-state index contributed by atoms with van der Waals surface area (Å²) in [6.07, 6.45) is 2.53. The van der Waals surface area contributed by atoms with Gasteiger partial charge in [-0.15, -0.1) is 0 Å². The van der Waals surface area contributed by atoms with E-state index in [2.05, 4.69) is 5.10 Å². The fourth-order valence-corrected chi connectivity index (χ4v) is 2.50. The van der Waals surface area contributed by atoms with Gasteiger partial charge in [0.25, 0.3) is 15.0 Å². The molecule has 1 aromatic rings. The highest BCUT2D eigenvalue weighted by molar-refractivity contribution is 8.13. The van der Waals surface area contributed by atoms with Crippen LogP contribution in [0.3, 0.4) is 0 Å². The number of nitrogens with zero attached hydrogens (tertiary/aromatic N) is 2. The van der Waals surface area contributed by atoms with E-state index in [1.165, 1.54) is 0 Å². The van der Waals surface area contributed by atoms with Gasteiger partial charge in [-0.05, 0) is 12.8 Å². The molecule has 0 amide bonds. The van der Waals surface area contributed by atoms with Crippen LogP contribution in [0.5, 0.6) is 0 Å². The molecule has 0 aliphatic heterocycles. The molecular weight excluding hydrogens is 262 g/mol. The molecule has 1 atom stereocenters. The average molecular weight is 271 g/mol. The van der Waals surface area contributed by atoms with Gasteiger partial charge < -0.3 is 0 Å². The normalized spacial score (nSPS) is 24.8. The highest BCUT2D eigenvalue weighted by Gasteiger charge is 2.45. The van der Waals surface area contributed by atoms with Crippen molar-refractivity contribution in [2.24, 2.45) is 0 Å². The smallest absolute Gasteiger partial charge is 0.262 e. The van der Waals surface area contributed by atoms with E-state index in [1.54, 1.807) is 0 Å². The molecule has 1 unspecified atom stereocenters. The second-order valence-corrected chi connectivity index (χ2v) is 6.33. The summed E-state index contributed by atoms with van der Waals surface area (Å²) in [5.41, 5.74) is 0. The van der Waals surface area contributed by atoms with E-state index in [0.717, 1.165) is 17.1 Å². The molecule has 0 bridgehead atoms. The minimum Gasteiger partial charge on any atom is -0.262 e. The van der Waals surface area contributed by atoms with E-state index in [-0.39, 0.29) is 17.7 Å². The molecule has 8 heteroatoms. The molecule has 1 aliphatic rings. The van der Waals surface area contributed by atoms with Crippen molar-refractivity contribution in [2.45, 2.75) is 36.1 Å². The van der Waals surface area contributed by atoms with Crippen molar-refractivity contribution in [3.8, 4) is 0 Å². The van der Waals surface area contributed by atoms with Gasteiger partial charge in [0.2, 0.25) is 0 Å². The molecule has 4 nitrogen and oxygen atoms in total. The molecule has 1 fully saturated rings. The van der Waals surface area contributed by atoms with E-state index in [1.807, 2.05) is 0 Å². The van der Waals surface area contributed by atoms with Crippen LogP contribution in [0.2, 0.25) is 0 Å². The molecule has 0 radical (unpaired) electrons. The number of rotatable bonds is 2. The molecule has 0 saturated heterocycles. The molecular formula is C8H9ClF2N2O2S. The van der Waals surface area contributed by atoms with Gasteiger partial charge in [0, 0.05) is 23.3 Å². The highest BCUT2D eigenvalue weighted by atomic mass is 35.7. The van der Waals surface area contributed by atoms with Gasteiger partial charge >= 0.3 is 0 Å². The third-order valence-corrected chi connectivity index (χ3v) is 3.96. The largest absolute Gasteiger partial charge is 0.270 e. The Bertz CT molecular complexity index is 500. The zero-order valence-corrected chi connectivity index (χ0v) is 9.68. The Morgan fingerprint density at radius 1 is 1.56 bits per heavy atom. The van der Waals surface area contributed by atoms with Crippen molar-refractivity contribution in [1.82, 2.24) is 9.78 Å². The summed E-state index contributed by atoms with van der Waals surface area (Å²) in [5.74, 6) is -2.83. The van der Waals surface area contributed by atoms with Crippen LogP contribution in [-0.2, 0) is 9.05 Å². The lowest BCUT2D eigenvalue weighted by molar-refractivity contribution is -0.0344. The van der Waals surface area contributed by atoms with Crippen molar-refractivity contribution >= 4 is 19.7 Å². The van der Waals surface area contributed by atoms with E-state index >= 15 is 0 Å². The predicted octanol–water partition coefficient (Wildman–Crippen LogP) is 2.17. The maximum atomic E-state index is 13.4. The monoisotopic (exact) mass is 270 g/mol. The van der Waals surface area contributed by atoms with E-state index in [9.17, 15) is 17.2 Å². The van der Waals surface area contributed by atoms with Gasteiger partial charge in [-0.3, -0.25) is 4.68 Å². The summed E-state index contributed by atoms with van der Waals surface area (Å²) in [5, 5.41) is 3.63. The quantitative estimate of drug-likeness (QED) is 0.774. The minimum absolute atomic E-state index is 0.194. The molecule has 2 rings (SSSR count). The molecule has 1 saturated carbocycles.